The molecule has 0 aliphatic heterocycles. The lowest BCUT2D eigenvalue weighted by Crippen LogP contribution is -2.29. The summed E-state index contributed by atoms with van der Waals surface area (Å²) in [4.78, 5) is 12.5. The Labute approximate surface area is 127 Å². The molecule has 110 valence electrons. The number of benzene rings is 2. The molecule has 0 unspecified atom stereocenters. The molecule has 2 aromatic carbocycles. The van der Waals surface area contributed by atoms with Gasteiger partial charge in [0.15, 0.2) is 0 Å². The number of carbonyl (C=O) groups is 1. The summed E-state index contributed by atoms with van der Waals surface area (Å²) in [5.74, 6) is 0.281. The van der Waals surface area contributed by atoms with E-state index in [1.165, 1.54) is 5.56 Å². The van der Waals surface area contributed by atoms with Gasteiger partial charge in [0, 0.05) is 17.5 Å². The number of hydrogen-bond acceptors (Lipinski definition) is 2. The SMILES string of the molecule is CC(C)(C(=O)CCCc1ccccc1)c1ccc(N)cc1. The van der Waals surface area contributed by atoms with Crippen molar-refractivity contribution in [3.63, 3.8) is 0 Å². The molecule has 0 radical (unpaired) electrons. The zero-order valence-electron chi connectivity index (χ0n) is 12.8. The van der Waals surface area contributed by atoms with Gasteiger partial charge in [0.25, 0.3) is 0 Å². The van der Waals surface area contributed by atoms with Crippen LogP contribution in [0.3, 0.4) is 0 Å². The van der Waals surface area contributed by atoms with Crippen molar-refractivity contribution >= 4 is 11.5 Å². The number of anilines is 1. The second-order valence-corrected chi connectivity index (χ2v) is 6.01. The predicted octanol–water partition coefficient (Wildman–Crippen LogP) is 4.14. The highest BCUT2D eigenvalue weighted by Gasteiger charge is 2.28. The molecule has 0 aliphatic rings. The Bertz CT molecular complexity index is 585. The first kappa shape index (κ1) is 15.3. The first-order chi connectivity index (χ1) is 10.00. The normalized spacial score (nSPS) is 11.3. The van der Waals surface area contributed by atoms with Gasteiger partial charge in [0.05, 0.1) is 0 Å². The Morgan fingerprint density at radius 2 is 1.62 bits per heavy atom. The van der Waals surface area contributed by atoms with Crippen LogP contribution in [-0.2, 0) is 16.6 Å². The second-order valence-electron chi connectivity index (χ2n) is 6.01. The molecule has 21 heavy (non-hydrogen) atoms. The van der Waals surface area contributed by atoms with E-state index in [2.05, 4.69) is 12.1 Å². The number of nitrogens with two attached hydrogens (primary N) is 1. The van der Waals surface area contributed by atoms with E-state index in [9.17, 15) is 4.79 Å². The van der Waals surface area contributed by atoms with Crippen LogP contribution in [0.1, 0.15) is 37.8 Å². The predicted molar refractivity (Wildman–Crippen MR) is 88.3 cm³/mol. The van der Waals surface area contributed by atoms with Crippen molar-refractivity contribution in [1.29, 1.82) is 0 Å². The fraction of sp³-hybridized carbons (Fsp3) is 0.316. The minimum absolute atomic E-state index is 0.281. The van der Waals surface area contributed by atoms with Gasteiger partial charge in [-0.15, -0.1) is 0 Å². The smallest absolute Gasteiger partial charge is 0.142 e. The van der Waals surface area contributed by atoms with Crippen molar-refractivity contribution in [2.75, 3.05) is 5.73 Å². The third-order valence-electron chi connectivity index (χ3n) is 4.04. The van der Waals surface area contributed by atoms with E-state index >= 15 is 0 Å². The van der Waals surface area contributed by atoms with Gasteiger partial charge in [-0.25, -0.2) is 0 Å². The Morgan fingerprint density at radius 1 is 1.00 bits per heavy atom. The summed E-state index contributed by atoms with van der Waals surface area (Å²) in [5.41, 5.74) is 8.30. The summed E-state index contributed by atoms with van der Waals surface area (Å²) < 4.78 is 0. The summed E-state index contributed by atoms with van der Waals surface area (Å²) in [6.07, 6.45) is 2.44. The number of ketones is 1. The molecule has 2 heteroatoms. The monoisotopic (exact) mass is 281 g/mol. The molecular formula is C19H23NO. The molecule has 2 nitrogen and oxygen atoms in total. The summed E-state index contributed by atoms with van der Waals surface area (Å²) in [6.45, 7) is 3.98. The van der Waals surface area contributed by atoms with Gasteiger partial charge in [-0.1, -0.05) is 42.5 Å². The molecule has 0 fully saturated rings. The minimum atomic E-state index is -0.454. The molecule has 0 spiro atoms. The maximum atomic E-state index is 12.5. The number of hydrogen-bond donors (Lipinski definition) is 1. The minimum Gasteiger partial charge on any atom is -0.399 e. The molecule has 0 amide bonds. The lowest BCUT2D eigenvalue weighted by atomic mass is 9.78. The standard InChI is InChI=1S/C19H23NO/c1-19(2,16-11-13-17(20)14-12-16)18(21)10-6-9-15-7-4-3-5-8-15/h3-5,7-8,11-14H,6,9-10,20H2,1-2H3. The summed E-state index contributed by atoms with van der Waals surface area (Å²) in [6, 6.07) is 17.9. The number of Topliss-reactive ketones (excluding diaryl/α,β-unsaturated/α-hetero) is 1. The van der Waals surface area contributed by atoms with Gasteiger partial charge in [-0.3, -0.25) is 4.79 Å². The molecule has 2 aromatic rings. The Balaban J connectivity index is 1.94. The number of aryl methyl sites for hydroxylation is 1. The third kappa shape index (κ3) is 3.94. The lowest BCUT2D eigenvalue weighted by molar-refractivity contribution is -0.123. The lowest BCUT2D eigenvalue weighted by Gasteiger charge is -2.24. The fourth-order valence-electron chi connectivity index (χ4n) is 2.47. The molecule has 0 atom stereocenters. The quantitative estimate of drug-likeness (QED) is 0.809. The summed E-state index contributed by atoms with van der Waals surface area (Å²) in [7, 11) is 0. The van der Waals surface area contributed by atoms with Crippen molar-refractivity contribution in [1.82, 2.24) is 0 Å². The van der Waals surface area contributed by atoms with E-state index in [0.717, 1.165) is 24.1 Å². The van der Waals surface area contributed by atoms with Gasteiger partial charge < -0.3 is 5.73 Å². The van der Waals surface area contributed by atoms with Crippen LogP contribution < -0.4 is 5.73 Å². The van der Waals surface area contributed by atoms with Gasteiger partial charge in [0.1, 0.15) is 5.78 Å². The van der Waals surface area contributed by atoms with Crippen LogP contribution in [0.5, 0.6) is 0 Å². The van der Waals surface area contributed by atoms with Crippen LogP contribution in [0.15, 0.2) is 54.6 Å². The topological polar surface area (TPSA) is 43.1 Å². The Hall–Kier alpha value is -2.09. The van der Waals surface area contributed by atoms with Crippen molar-refractivity contribution in [2.45, 2.75) is 38.5 Å². The van der Waals surface area contributed by atoms with E-state index in [4.69, 9.17) is 5.73 Å². The van der Waals surface area contributed by atoms with Gasteiger partial charge in [-0.05, 0) is 49.9 Å². The molecule has 0 saturated heterocycles. The molecule has 0 bridgehead atoms. The number of nitrogen functional groups attached to an aromatic ring is 1. The highest BCUT2D eigenvalue weighted by atomic mass is 16.1. The molecule has 0 heterocycles. The Morgan fingerprint density at radius 3 is 2.24 bits per heavy atom. The summed E-state index contributed by atoms with van der Waals surface area (Å²) >= 11 is 0. The molecule has 2 N–H and O–H groups in total. The Kier molecular flexibility index (Phi) is 4.79. The largest absolute Gasteiger partial charge is 0.399 e. The average molecular weight is 281 g/mol. The van der Waals surface area contributed by atoms with Crippen molar-refractivity contribution in [2.24, 2.45) is 0 Å². The summed E-state index contributed by atoms with van der Waals surface area (Å²) in [5, 5.41) is 0. The van der Waals surface area contributed by atoms with Crippen LogP contribution >= 0.6 is 0 Å². The highest BCUT2D eigenvalue weighted by Crippen LogP contribution is 2.27. The van der Waals surface area contributed by atoms with Crippen LogP contribution in [0.25, 0.3) is 0 Å². The second kappa shape index (κ2) is 6.57. The maximum Gasteiger partial charge on any atom is 0.142 e. The molecule has 0 saturated carbocycles. The van der Waals surface area contributed by atoms with Crippen molar-refractivity contribution in [3.8, 4) is 0 Å². The zero-order chi connectivity index (χ0) is 15.3. The molecule has 2 rings (SSSR count). The first-order valence-electron chi connectivity index (χ1n) is 7.43. The van der Waals surface area contributed by atoms with Crippen LogP contribution in [-0.4, -0.2) is 5.78 Å². The van der Waals surface area contributed by atoms with Crippen LogP contribution in [0.2, 0.25) is 0 Å². The van der Waals surface area contributed by atoms with Gasteiger partial charge >= 0.3 is 0 Å². The average Bonchev–Trinajstić information content (AvgIpc) is 2.48. The number of rotatable bonds is 6. The van der Waals surface area contributed by atoms with E-state index in [0.29, 0.717) is 6.42 Å². The van der Waals surface area contributed by atoms with Gasteiger partial charge in [0.2, 0.25) is 0 Å². The first-order valence-corrected chi connectivity index (χ1v) is 7.43. The molecular weight excluding hydrogens is 258 g/mol. The maximum absolute atomic E-state index is 12.5. The van der Waals surface area contributed by atoms with E-state index in [1.54, 1.807) is 0 Å². The van der Waals surface area contributed by atoms with E-state index in [1.807, 2.05) is 56.3 Å². The van der Waals surface area contributed by atoms with Crippen LogP contribution in [0, 0.1) is 0 Å². The molecule has 0 aromatic heterocycles. The highest BCUT2D eigenvalue weighted by molar-refractivity contribution is 5.89. The van der Waals surface area contributed by atoms with Gasteiger partial charge in [-0.2, -0.15) is 0 Å². The molecule has 0 aliphatic carbocycles. The van der Waals surface area contributed by atoms with E-state index in [-0.39, 0.29) is 5.78 Å². The number of carbonyl (C=O) groups excluding carboxylic acids is 1. The van der Waals surface area contributed by atoms with Crippen molar-refractivity contribution < 1.29 is 4.79 Å². The fourth-order valence-corrected chi connectivity index (χ4v) is 2.47. The zero-order valence-corrected chi connectivity index (χ0v) is 12.8. The van der Waals surface area contributed by atoms with Crippen LogP contribution in [0.4, 0.5) is 5.69 Å². The third-order valence-corrected chi connectivity index (χ3v) is 4.04. The van der Waals surface area contributed by atoms with Crippen molar-refractivity contribution in [3.05, 3.63) is 65.7 Å². The van der Waals surface area contributed by atoms with E-state index < -0.39 is 5.41 Å².